The van der Waals surface area contributed by atoms with E-state index >= 15 is 0 Å². The summed E-state index contributed by atoms with van der Waals surface area (Å²) in [7, 11) is 1.72. The number of hydrogen-bond acceptors (Lipinski definition) is 2. The molecule has 0 fully saturated rings. The molecule has 102 valence electrons. The highest BCUT2D eigenvalue weighted by Gasteiger charge is 2.14. The van der Waals surface area contributed by atoms with Crippen molar-refractivity contribution >= 4 is 28.9 Å². The number of hydrogen-bond donors (Lipinski definition) is 0. The van der Waals surface area contributed by atoms with E-state index in [1.165, 1.54) is 0 Å². The van der Waals surface area contributed by atoms with Crippen LogP contribution in [0.15, 0.2) is 18.2 Å². The van der Waals surface area contributed by atoms with E-state index < -0.39 is 0 Å². The van der Waals surface area contributed by atoms with Gasteiger partial charge in [0.05, 0.1) is 12.5 Å². The quantitative estimate of drug-likeness (QED) is 0.698. The van der Waals surface area contributed by atoms with Gasteiger partial charge in [0.1, 0.15) is 0 Å². The van der Waals surface area contributed by atoms with Crippen molar-refractivity contribution < 1.29 is 4.74 Å². The first-order chi connectivity index (χ1) is 8.60. The van der Waals surface area contributed by atoms with E-state index in [1.807, 2.05) is 12.1 Å². The van der Waals surface area contributed by atoms with Gasteiger partial charge in [0.2, 0.25) is 0 Å². The lowest BCUT2D eigenvalue weighted by atomic mass is 10.1. The first-order valence-electron chi connectivity index (χ1n) is 6.17. The molecule has 0 atom stereocenters. The zero-order chi connectivity index (χ0) is 13.5. The van der Waals surface area contributed by atoms with Gasteiger partial charge in [-0.3, -0.25) is 0 Å². The molecule has 18 heavy (non-hydrogen) atoms. The normalized spacial score (nSPS) is 11.0. The summed E-state index contributed by atoms with van der Waals surface area (Å²) in [5.41, 5.74) is 2.11. The van der Waals surface area contributed by atoms with E-state index in [4.69, 9.17) is 27.9 Å². The summed E-state index contributed by atoms with van der Waals surface area (Å²) < 4.78 is 5.17. The molecular weight excluding hydrogens is 269 g/mol. The summed E-state index contributed by atoms with van der Waals surface area (Å²) in [6.07, 6.45) is 0. The van der Waals surface area contributed by atoms with Crippen LogP contribution in [0.5, 0.6) is 0 Å². The topological polar surface area (TPSA) is 12.5 Å². The fourth-order valence-corrected chi connectivity index (χ4v) is 2.51. The molecule has 0 aromatic heterocycles. The van der Waals surface area contributed by atoms with Crippen LogP contribution >= 0.6 is 23.2 Å². The van der Waals surface area contributed by atoms with Gasteiger partial charge >= 0.3 is 0 Å². The largest absolute Gasteiger partial charge is 0.383 e. The third-order valence-electron chi connectivity index (χ3n) is 2.72. The summed E-state index contributed by atoms with van der Waals surface area (Å²) in [5.74, 6) is 1.00. The zero-order valence-corrected chi connectivity index (χ0v) is 12.8. The van der Waals surface area contributed by atoms with Gasteiger partial charge in [-0.25, -0.2) is 0 Å². The molecule has 0 aliphatic heterocycles. The van der Waals surface area contributed by atoms with Crippen molar-refractivity contribution in [1.29, 1.82) is 0 Å². The lowest BCUT2D eigenvalue weighted by molar-refractivity contribution is 0.204. The SMILES string of the molecule is COCCN(CC(C)C)c1cccc(Cl)c1CCl. The molecule has 0 aliphatic carbocycles. The van der Waals surface area contributed by atoms with Crippen molar-refractivity contribution in [2.24, 2.45) is 5.92 Å². The highest BCUT2D eigenvalue weighted by Crippen LogP contribution is 2.29. The molecule has 0 N–H and O–H groups in total. The molecule has 1 aromatic carbocycles. The van der Waals surface area contributed by atoms with Crippen LogP contribution in [-0.2, 0) is 10.6 Å². The Bertz CT molecular complexity index is 369. The molecule has 1 rings (SSSR count). The Morgan fingerprint density at radius 1 is 1.33 bits per heavy atom. The highest BCUT2D eigenvalue weighted by molar-refractivity contribution is 6.32. The number of rotatable bonds is 7. The fraction of sp³-hybridized carbons (Fsp3) is 0.571. The molecule has 1 aromatic rings. The Kier molecular flexibility index (Phi) is 6.83. The molecule has 0 spiro atoms. The van der Waals surface area contributed by atoms with Crippen LogP contribution in [0.3, 0.4) is 0 Å². The van der Waals surface area contributed by atoms with E-state index in [0.29, 0.717) is 18.4 Å². The first-order valence-corrected chi connectivity index (χ1v) is 7.08. The fourth-order valence-electron chi connectivity index (χ4n) is 1.93. The zero-order valence-electron chi connectivity index (χ0n) is 11.2. The molecule has 0 radical (unpaired) electrons. The summed E-state index contributed by atoms with van der Waals surface area (Å²) in [6.45, 7) is 6.91. The van der Waals surface area contributed by atoms with E-state index in [2.05, 4.69) is 24.8 Å². The molecule has 4 heteroatoms. The van der Waals surface area contributed by atoms with Crippen LogP contribution in [-0.4, -0.2) is 26.8 Å². The maximum Gasteiger partial charge on any atom is 0.0637 e. The van der Waals surface area contributed by atoms with Gasteiger partial charge in [0.15, 0.2) is 0 Å². The summed E-state index contributed by atoms with van der Waals surface area (Å²) in [5, 5.41) is 0.730. The Labute approximate surface area is 120 Å². The average Bonchev–Trinajstić information content (AvgIpc) is 2.33. The molecule has 0 aliphatic rings. The lowest BCUT2D eigenvalue weighted by Gasteiger charge is -2.28. The third-order valence-corrected chi connectivity index (χ3v) is 3.34. The van der Waals surface area contributed by atoms with Gasteiger partial charge in [-0.1, -0.05) is 31.5 Å². The van der Waals surface area contributed by atoms with Gasteiger partial charge in [0.25, 0.3) is 0 Å². The summed E-state index contributed by atoms with van der Waals surface area (Å²) in [4.78, 5) is 2.29. The van der Waals surface area contributed by atoms with Crippen LogP contribution in [0, 0.1) is 5.92 Å². The van der Waals surface area contributed by atoms with Crippen molar-refractivity contribution in [2.75, 3.05) is 31.7 Å². The molecule has 0 amide bonds. The maximum absolute atomic E-state index is 6.20. The molecule has 0 unspecified atom stereocenters. The molecule has 0 heterocycles. The van der Waals surface area contributed by atoms with Crippen LogP contribution in [0.4, 0.5) is 5.69 Å². The minimum atomic E-state index is 0.427. The Hall–Kier alpha value is -0.440. The van der Waals surface area contributed by atoms with Crippen LogP contribution in [0.25, 0.3) is 0 Å². The molecular formula is C14H21Cl2NO. The van der Waals surface area contributed by atoms with Crippen LogP contribution in [0.2, 0.25) is 5.02 Å². The van der Waals surface area contributed by atoms with Gasteiger partial charge in [-0.15, -0.1) is 11.6 Å². The Balaban J connectivity index is 2.99. The van der Waals surface area contributed by atoms with Crippen molar-refractivity contribution in [3.05, 3.63) is 28.8 Å². The van der Waals surface area contributed by atoms with E-state index in [1.54, 1.807) is 7.11 Å². The number of methoxy groups -OCH3 is 1. The van der Waals surface area contributed by atoms with Crippen LogP contribution < -0.4 is 4.90 Å². The number of alkyl halides is 1. The Morgan fingerprint density at radius 3 is 2.61 bits per heavy atom. The predicted octanol–water partition coefficient (Wildman–Crippen LogP) is 4.19. The number of anilines is 1. The minimum absolute atomic E-state index is 0.427. The van der Waals surface area contributed by atoms with Gasteiger partial charge < -0.3 is 9.64 Å². The van der Waals surface area contributed by atoms with Gasteiger partial charge in [-0.2, -0.15) is 0 Å². The molecule has 2 nitrogen and oxygen atoms in total. The number of ether oxygens (including phenoxy) is 1. The van der Waals surface area contributed by atoms with E-state index in [-0.39, 0.29) is 0 Å². The highest BCUT2D eigenvalue weighted by atomic mass is 35.5. The summed E-state index contributed by atoms with van der Waals surface area (Å²) in [6, 6.07) is 5.92. The van der Waals surface area contributed by atoms with Crippen molar-refractivity contribution in [3.63, 3.8) is 0 Å². The second kappa shape index (κ2) is 7.88. The van der Waals surface area contributed by atoms with Crippen molar-refractivity contribution in [1.82, 2.24) is 0 Å². The lowest BCUT2D eigenvalue weighted by Crippen LogP contribution is -2.31. The van der Waals surface area contributed by atoms with Gasteiger partial charge in [0, 0.05) is 36.5 Å². The van der Waals surface area contributed by atoms with E-state index in [9.17, 15) is 0 Å². The van der Waals surface area contributed by atoms with E-state index in [0.717, 1.165) is 29.4 Å². The monoisotopic (exact) mass is 289 g/mol. The second-order valence-electron chi connectivity index (χ2n) is 4.70. The Morgan fingerprint density at radius 2 is 2.06 bits per heavy atom. The number of nitrogens with zero attached hydrogens (tertiary/aromatic N) is 1. The molecule has 0 saturated heterocycles. The van der Waals surface area contributed by atoms with Crippen LogP contribution in [0.1, 0.15) is 19.4 Å². The van der Waals surface area contributed by atoms with Crippen molar-refractivity contribution in [2.45, 2.75) is 19.7 Å². The smallest absolute Gasteiger partial charge is 0.0637 e. The average molecular weight is 290 g/mol. The summed E-state index contributed by atoms with van der Waals surface area (Å²) >= 11 is 12.2. The number of halogens is 2. The predicted molar refractivity (Wildman–Crippen MR) is 79.9 cm³/mol. The first kappa shape index (κ1) is 15.6. The minimum Gasteiger partial charge on any atom is -0.383 e. The molecule has 0 bridgehead atoms. The number of benzene rings is 1. The standard InChI is InChI=1S/C14H21Cl2NO/c1-11(2)10-17(7-8-18-3)14-6-4-5-13(16)12(14)9-15/h4-6,11H,7-10H2,1-3H3. The van der Waals surface area contributed by atoms with Crippen molar-refractivity contribution in [3.8, 4) is 0 Å². The van der Waals surface area contributed by atoms with Gasteiger partial charge in [-0.05, 0) is 18.1 Å². The second-order valence-corrected chi connectivity index (χ2v) is 5.38. The maximum atomic E-state index is 6.20. The molecule has 0 saturated carbocycles. The third kappa shape index (κ3) is 4.34.